The Morgan fingerprint density at radius 3 is 2.65 bits per heavy atom. The first-order valence-corrected chi connectivity index (χ1v) is 6.75. The van der Waals surface area contributed by atoms with E-state index in [9.17, 15) is 4.39 Å². The van der Waals surface area contributed by atoms with Crippen LogP contribution in [-0.2, 0) is 13.0 Å². The second kappa shape index (κ2) is 6.09. The number of hydrogen-bond acceptors (Lipinski definition) is 3. The summed E-state index contributed by atoms with van der Waals surface area (Å²) in [5.41, 5.74) is 8.31. The van der Waals surface area contributed by atoms with Gasteiger partial charge in [0.2, 0.25) is 0 Å². The van der Waals surface area contributed by atoms with E-state index in [1.165, 1.54) is 0 Å². The molecule has 2 aromatic rings. The third kappa shape index (κ3) is 3.39. The summed E-state index contributed by atoms with van der Waals surface area (Å²) < 4.78 is 19.4. The van der Waals surface area contributed by atoms with Crippen LogP contribution in [0.2, 0.25) is 0 Å². The lowest BCUT2D eigenvalue weighted by atomic mass is 10.1. The van der Waals surface area contributed by atoms with Crippen LogP contribution in [-0.4, -0.2) is 13.1 Å². The van der Waals surface area contributed by atoms with E-state index in [-0.39, 0.29) is 11.9 Å². The van der Waals surface area contributed by atoms with E-state index >= 15 is 0 Å². The Morgan fingerprint density at radius 1 is 1.35 bits per heavy atom. The zero-order valence-corrected chi connectivity index (χ0v) is 12.2. The second-order valence-electron chi connectivity index (χ2n) is 5.33. The summed E-state index contributed by atoms with van der Waals surface area (Å²) in [4.78, 5) is 1.88. The van der Waals surface area contributed by atoms with Gasteiger partial charge in [-0.05, 0) is 44.0 Å². The molecule has 1 atom stereocenters. The number of furan rings is 1. The van der Waals surface area contributed by atoms with Crippen LogP contribution in [0.15, 0.2) is 34.9 Å². The summed E-state index contributed by atoms with van der Waals surface area (Å²) in [6.07, 6.45) is 2.34. The molecule has 20 heavy (non-hydrogen) atoms. The molecule has 1 aromatic heterocycles. The number of aryl methyl sites for hydroxylation is 1. The summed E-state index contributed by atoms with van der Waals surface area (Å²) in [5, 5.41) is 0. The molecule has 3 nitrogen and oxygen atoms in total. The molecule has 108 valence electrons. The molecule has 0 saturated carbocycles. The third-order valence-electron chi connectivity index (χ3n) is 3.35. The molecule has 0 aliphatic rings. The van der Waals surface area contributed by atoms with Gasteiger partial charge in [-0.15, -0.1) is 0 Å². The highest BCUT2D eigenvalue weighted by molar-refractivity contribution is 5.49. The Bertz CT molecular complexity index is 578. The van der Waals surface area contributed by atoms with E-state index in [1.54, 1.807) is 12.3 Å². The van der Waals surface area contributed by atoms with E-state index in [4.69, 9.17) is 10.2 Å². The zero-order valence-electron chi connectivity index (χ0n) is 12.2. The maximum Gasteiger partial charge on any atom is 0.146 e. The lowest BCUT2D eigenvalue weighted by Gasteiger charge is -2.20. The molecule has 0 amide bonds. The minimum absolute atomic E-state index is 0.0339. The van der Waals surface area contributed by atoms with Crippen molar-refractivity contribution in [1.29, 1.82) is 0 Å². The molecule has 0 aliphatic heterocycles. The Labute approximate surface area is 119 Å². The summed E-state index contributed by atoms with van der Waals surface area (Å²) >= 11 is 0. The summed E-state index contributed by atoms with van der Waals surface area (Å²) in [6.45, 7) is 4.44. The number of hydrogen-bond donors (Lipinski definition) is 1. The summed E-state index contributed by atoms with van der Waals surface area (Å²) in [6, 6.07) is 7.25. The molecule has 0 spiro atoms. The molecular weight excluding hydrogens is 255 g/mol. The summed E-state index contributed by atoms with van der Waals surface area (Å²) in [5.74, 6) is 0.651. The third-order valence-corrected chi connectivity index (χ3v) is 3.35. The monoisotopic (exact) mass is 276 g/mol. The molecule has 0 saturated heterocycles. The molecule has 0 aliphatic carbocycles. The highest BCUT2D eigenvalue weighted by atomic mass is 19.1. The Hall–Kier alpha value is -1.81. The van der Waals surface area contributed by atoms with Gasteiger partial charge in [-0.3, -0.25) is 0 Å². The van der Waals surface area contributed by atoms with Crippen molar-refractivity contribution < 1.29 is 8.81 Å². The van der Waals surface area contributed by atoms with Gasteiger partial charge in [0.15, 0.2) is 0 Å². The van der Waals surface area contributed by atoms with E-state index in [0.717, 1.165) is 16.9 Å². The van der Waals surface area contributed by atoms with Crippen LogP contribution < -0.4 is 10.6 Å². The lowest BCUT2D eigenvalue weighted by molar-refractivity contribution is 0.529. The van der Waals surface area contributed by atoms with Gasteiger partial charge in [0.1, 0.15) is 11.6 Å². The highest BCUT2D eigenvalue weighted by Gasteiger charge is 2.11. The Balaban J connectivity index is 2.14. The van der Waals surface area contributed by atoms with Crippen molar-refractivity contribution in [3.05, 3.63) is 53.2 Å². The van der Waals surface area contributed by atoms with Crippen molar-refractivity contribution in [2.75, 3.05) is 11.9 Å². The first-order chi connectivity index (χ1) is 9.47. The number of nitrogens with two attached hydrogens (primary N) is 1. The molecule has 1 unspecified atom stereocenters. The van der Waals surface area contributed by atoms with Crippen molar-refractivity contribution >= 4 is 5.69 Å². The Kier molecular flexibility index (Phi) is 4.45. The topological polar surface area (TPSA) is 42.4 Å². The number of benzene rings is 1. The molecule has 4 heteroatoms. The van der Waals surface area contributed by atoms with Crippen LogP contribution in [0.25, 0.3) is 0 Å². The van der Waals surface area contributed by atoms with Gasteiger partial charge in [0.25, 0.3) is 0 Å². The van der Waals surface area contributed by atoms with Gasteiger partial charge in [-0.25, -0.2) is 4.39 Å². The molecule has 2 rings (SSSR count). The quantitative estimate of drug-likeness (QED) is 0.911. The van der Waals surface area contributed by atoms with Crippen LogP contribution in [0.5, 0.6) is 0 Å². The van der Waals surface area contributed by atoms with Crippen LogP contribution in [0.4, 0.5) is 10.1 Å². The molecule has 1 aromatic carbocycles. The van der Waals surface area contributed by atoms with Gasteiger partial charge in [-0.2, -0.15) is 0 Å². The average molecular weight is 276 g/mol. The first kappa shape index (κ1) is 14.6. The van der Waals surface area contributed by atoms with E-state index in [0.29, 0.717) is 18.7 Å². The van der Waals surface area contributed by atoms with E-state index in [1.807, 2.05) is 44.0 Å². The van der Waals surface area contributed by atoms with Crippen molar-refractivity contribution in [3.63, 3.8) is 0 Å². The second-order valence-corrected chi connectivity index (χ2v) is 5.33. The number of halogens is 1. The number of nitrogens with zero attached hydrogens (tertiary/aromatic N) is 1. The minimum Gasteiger partial charge on any atom is -0.469 e. The minimum atomic E-state index is -0.216. The fourth-order valence-corrected chi connectivity index (χ4v) is 2.27. The largest absolute Gasteiger partial charge is 0.469 e. The molecular formula is C16H21FN2O. The van der Waals surface area contributed by atoms with Gasteiger partial charge < -0.3 is 15.1 Å². The van der Waals surface area contributed by atoms with Crippen molar-refractivity contribution in [1.82, 2.24) is 0 Å². The fourth-order valence-electron chi connectivity index (χ4n) is 2.27. The maximum atomic E-state index is 14.2. The average Bonchev–Trinajstić information content (AvgIpc) is 2.74. The molecule has 1 heterocycles. The van der Waals surface area contributed by atoms with Gasteiger partial charge in [0.05, 0.1) is 12.0 Å². The fraction of sp³-hybridized carbons (Fsp3) is 0.375. The molecule has 0 radical (unpaired) electrons. The van der Waals surface area contributed by atoms with Crippen molar-refractivity contribution in [2.45, 2.75) is 32.9 Å². The zero-order chi connectivity index (χ0) is 14.7. The van der Waals surface area contributed by atoms with Crippen LogP contribution in [0.3, 0.4) is 0 Å². The summed E-state index contributed by atoms with van der Waals surface area (Å²) in [7, 11) is 1.87. The number of rotatable bonds is 5. The van der Waals surface area contributed by atoms with Crippen molar-refractivity contribution in [3.8, 4) is 0 Å². The standard InChI is InChI=1S/C16H21FN2O/c1-11(18)8-13-4-5-16(15(17)9-13)19(3)10-14-6-7-20-12(14)2/h4-7,9,11H,8,10,18H2,1-3H3. The Morgan fingerprint density at radius 2 is 2.10 bits per heavy atom. The van der Waals surface area contributed by atoms with E-state index < -0.39 is 0 Å². The lowest BCUT2D eigenvalue weighted by Crippen LogP contribution is -2.19. The van der Waals surface area contributed by atoms with Crippen molar-refractivity contribution in [2.24, 2.45) is 5.73 Å². The highest BCUT2D eigenvalue weighted by Crippen LogP contribution is 2.22. The SMILES string of the molecule is Cc1occc1CN(C)c1ccc(CC(C)N)cc1F. The number of anilines is 1. The van der Waals surface area contributed by atoms with E-state index in [2.05, 4.69) is 0 Å². The molecule has 0 bridgehead atoms. The van der Waals surface area contributed by atoms with Crippen LogP contribution >= 0.6 is 0 Å². The van der Waals surface area contributed by atoms with Crippen LogP contribution in [0, 0.1) is 12.7 Å². The molecule has 0 fully saturated rings. The predicted molar refractivity (Wildman–Crippen MR) is 79.3 cm³/mol. The van der Waals surface area contributed by atoms with Gasteiger partial charge in [-0.1, -0.05) is 6.07 Å². The predicted octanol–water partition coefficient (Wildman–Crippen LogP) is 3.25. The first-order valence-electron chi connectivity index (χ1n) is 6.75. The maximum absolute atomic E-state index is 14.2. The molecule has 2 N–H and O–H groups in total. The van der Waals surface area contributed by atoms with Gasteiger partial charge >= 0.3 is 0 Å². The smallest absolute Gasteiger partial charge is 0.146 e. The van der Waals surface area contributed by atoms with Gasteiger partial charge in [0, 0.05) is 25.2 Å². The van der Waals surface area contributed by atoms with Crippen LogP contribution in [0.1, 0.15) is 23.8 Å². The normalized spacial score (nSPS) is 12.4.